The molecule has 176 valence electrons. The van der Waals surface area contributed by atoms with Gasteiger partial charge in [-0.2, -0.15) is 5.26 Å². The standard InChI is InChI=1S/C28H49NOSi/c1-21(2)13-11-18-28(8)24-16-15-22(3)23(14-12-20-29)27(24,7)19-17-25(28)30-31(9,10)26(4,5)6/h13,23-25H,3,11-12,14-19H2,1-2,4-10H3/t23-,24-,25+,27-,28+/m1/s1. The number of hydrogen-bond donors (Lipinski definition) is 0. The van der Waals surface area contributed by atoms with Gasteiger partial charge in [0.1, 0.15) is 0 Å². The highest BCUT2D eigenvalue weighted by Gasteiger charge is 2.58. The molecule has 0 saturated heterocycles. The van der Waals surface area contributed by atoms with Crippen molar-refractivity contribution in [3.05, 3.63) is 23.8 Å². The predicted molar refractivity (Wildman–Crippen MR) is 136 cm³/mol. The highest BCUT2D eigenvalue weighted by molar-refractivity contribution is 6.74. The van der Waals surface area contributed by atoms with Crippen molar-refractivity contribution in [3.8, 4) is 6.07 Å². The minimum Gasteiger partial charge on any atom is -0.413 e. The van der Waals surface area contributed by atoms with E-state index in [-0.39, 0.29) is 15.9 Å². The molecule has 2 rings (SSSR count). The van der Waals surface area contributed by atoms with Gasteiger partial charge < -0.3 is 4.43 Å². The van der Waals surface area contributed by atoms with Crippen LogP contribution in [0.3, 0.4) is 0 Å². The molecule has 2 aliphatic rings. The predicted octanol–water partition coefficient (Wildman–Crippen LogP) is 8.82. The Balaban J connectivity index is 2.44. The van der Waals surface area contributed by atoms with E-state index < -0.39 is 8.32 Å². The molecular formula is C28H49NOSi. The Labute approximate surface area is 194 Å². The third-order valence-corrected chi connectivity index (χ3v) is 13.8. The summed E-state index contributed by atoms with van der Waals surface area (Å²) in [5.41, 5.74) is 3.21. The molecule has 31 heavy (non-hydrogen) atoms. The maximum Gasteiger partial charge on any atom is 0.192 e. The van der Waals surface area contributed by atoms with E-state index in [9.17, 15) is 5.26 Å². The van der Waals surface area contributed by atoms with Gasteiger partial charge in [-0.3, -0.25) is 0 Å². The fourth-order valence-electron chi connectivity index (χ4n) is 6.45. The SMILES string of the molecule is C=C1CC[C@H]2[C@](C)(CCC=C(C)C)[C@@H](O[Si](C)(C)C(C)(C)C)CC[C@]2(C)[C@@H]1CCC#N. The molecule has 0 amide bonds. The van der Waals surface area contributed by atoms with E-state index in [0.717, 1.165) is 25.7 Å². The van der Waals surface area contributed by atoms with Gasteiger partial charge in [0.2, 0.25) is 0 Å². The molecule has 3 heteroatoms. The molecule has 0 heterocycles. The number of allylic oxidation sites excluding steroid dienone is 3. The summed E-state index contributed by atoms with van der Waals surface area (Å²) in [7, 11) is -1.85. The molecular weight excluding hydrogens is 394 g/mol. The van der Waals surface area contributed by atoms with Crippen LogP contribution in [-0.2, 0) is 4.43 Å². The van der Waals surface area contributed by atoms with Gasteiger partial charge in [-0.05, 0) is 99.6 Å². The van der Waals surface area contributed by atoms with Crippen molar-refractivity contribution >= 4 is 8.32 Å². The summed E-state index contributed by atoms with van der Waals surface area (Å²) in [6.45, 7) is 25.9. The van der Waals surface area contributed by atoms with Gasteiger partial charge in [-0.1, -0.05) is 58.4 Å². The van der Waals surface area contributed by atoms with Crippen molar-refractivity contribution in [2.45, 2.75) is 124 Å². The van der Waals surface area contributed by atoms with Crippen LogP contribution in [0.5, 0.6) is 0 Å². The van der Waals surface area contributed by atoms with Gasteiger partial charge in [-0.25, -0.2) is 0 Å². The first-order valence-corrected chi connectivity index (χ1v) is 15.5. The summed E-state index contributed by atoms with van der Waals surface area (Å²) in [6, 6.07) is 2.40. The minimum absolute atomic E-state index is 0.167. The van der Waals surface area contributed by atoms with Crippen LogP contribution in [0.2, 0.25) is 18.1 Å². The first kappa shape index (κ1) is 26.4. The van der Waals surface area contributed by atoms with Crippen LogP contribution in [0, 0.1) is 34.0 Å². The van der Waals surface area contributed by atoms with Crippen molar-refractivity contribution in [1.29, 1.82) is 5.26 Å². The molecule has 2 aliphatic carbocycles. The van der Waals surface area contributed by atoms with Gasteiger partial charge >= 0.3 is 0 Å². The molecule has 0 aromatic rings. The van der Waals surface area contributed by atoms with Gasteiger partial charge in [0, 0.05) is 6.42 Å². The smallest absolute Gasteiger partial charge is 0.192 e. The number of rotatable bonds is 7. The number of fused-ring (bicyclic) bond motifs is 1. The monoisotopic (exact) mass is 443 g/mol. The third kappa shape index (κ3) is 5.39. The van der Waals surface area contributed by atoms with E-state index in [1.165, 1.54) is 30.4 Å². The molecule has 2 nitrogen and oxygen atoms in total. The fourth-order valence-corrected chi connectivity index (χ4v) is 7.90. The molecule has 2 fully saturated rings. The molecule has 0 bridgehead atoms. The van der Waals surface area contributed by atoms with Crippen LogP contribution in [0.15, 0.2) is 23.8 Å². The highest BCUT2D eigenvalue weighted by Crippen LogP contribution is 2.64. The molecule has 0 aromatic carbocycles. The molecule has 0 unspecified atom stereocenters. The van der Waals surface area contributed by atoms with Crippen LogP contribution < -0.4 is 0 Å². The quantitative estimate of drug-likeness (QED) is 0.291. The van der Waals surface area contributed by atoms with Crippen LogP contribution in [0.1, 0.15) is 99.8 Å². The highest BCUT2D eigenvalue weighted by atomic mass is 28.4. The lowest BCUT2D eigenvalue weighted by Crippen LogP contribution is -2.59. The van der Waals surface area contributed by atoms with Crippen molar-refractivity contribution in [2.75, 3.05) is 0 Å². The minimum atomic E-state index is -1.85. The maximum absolute atomic E-state index is 9.28. The molecule has 0 aliphatic heterocycles. The van der Waals surface area contributed by atoms with Crippen molar-refractivity contribution < 1.29 is 4.43 Å². The van der Waals surface area contributed by atoms with E-state index in [1.54, 1.807) is 0 Å². The third-order valence-electron chi connectivity index (χ3n) is 9.34. The van der Waals surface area contributed by atoms with E-state index in [4.69, 9.17) is 4.43 Å². The van der Waals surface area contributed by atoms with Crippen LogP contribution >= 0.6 is 0 Å². The zero-order chi connectivity index (χ0) is 23.7. The van der Waals surface area contributed by atoms with Crippen molar-refractivity contribution in [2.24, 2.45) is 22.7 Å². The van der Waals surface area contributed by atoms with Crippen LogP contribution in [0.4, 0.5) is 0 Å². The van der Waals surface area contributed by atoms with E-state index in [0.29, 0.717) is 24.4 Å². The summed E-state index contributed by atoms with van der Waals surface area (Å²) >= 11 is 0. The number of hydrogen-bond acceptors (Lipinski definition) is 2. The van der Waals surface area contributed by atoms with Crippen LogP contribution in [-0.4, -0.2) is 14.4 Å². The topological polar surface area (TPSA) is 33.0 Å². The first-order valence-electron chi connectivity index (χ1n) is 12.5. The number of nitriles is 1. The van der Waals surface area contributed by atoms with Gasteiger partial charge in [0.25, 0.3) is 0 Å². The summed E-state index contributed by atoms with van der Waals surface area (Å²) in [5, 5.41) is 9.51. The molecule has 0 N–H and O–H groups in total. The van der Waals surface area contributed by atoms with Crippen molar-refractivity contribution in [1.82, 2.24) is 0 Å². The molecule has 0 spiro atoms. The lowest BCUT2D eigenvalue weighted by atomic mass is 9.45. The lowest BCUT2D eigenvalue weighted by Gasteiger charge is -2.62. The average Bonchev–Trinajstić information content (AvgIpc) is 2.62. The molecule has 2 saturated carbocycles. The molecule has 0 aromatic heterocycles. The van der Waals surface area contributed by atoms with E-state index in [1.807, 2.05) is 0 Å². The zero-order valence-corrected chi connectivity index (χ0v) is 23.0. The fraction of sp³-hybridized carbons (Fsp3) is 0.821. The zero-order valence-electron chi connectivity index (χ0n) is 22.0. The molecule has 0 radical (unpaired) electrons. The number of nitrogens with zero attached hydrogens (tertiary/aromatic N) is 1. The van der Waals surface area contributed by atoms with Crippen molar-refractivity contribution in [3.63, 3.8) is 0 Å². The van der Waals surface area contributed by atoms with Gasteiger partial charge in [0.15, 0.2) is 8.32 Å². The lowest BCUT2D eigenvalue weighted by molar-refractivity contribution is -0.131. The first-order chi connectivity index (χ1) is 14.2. The van der Waals surface area contributed by atoms with Crippen LogP contribution in [0.25, 0.3) is 0 Å². The maximum atomic E-state index is 9.28. The Morgan fingerprint density at radius 1 is 1.26 bits per heavy atom. The summed E-state index contributed by atoms with van der Waals surface area (Å²) in [4.78, 5) is 0. The Bertz CT molecular complexity index is 720. The summed E-state index contributed by atoms with van der Waals surface area (Å²) < 4.78 is 7.20. The molecule has 5 atom stereocenters. The second-order valence-corrected chi connectivity index (χ2v) is 17.5. The second-order valence-electron chi connectivity index (χ2n) is 12.7. The van der Waals surface area contributed by atoms with E-state index >= 15 is 0 Å². The van der Waals surface area contributed by atoms with Gasteiger partial charge in [0.05, 0.1) is 12.2 Å². The van der Waals surface area contributed by atoms with Gasteiger partial charge in [-0.15, -0.1) is 0 Å². The average molecular weight is 444 g/mol. The Hall–Kier alpha value is -0.853. The Kier molecular flexibility index (Phi) is 8.14. The van der Waals surface area contributed by atoms with E-state index in [2.05, 4.69) is 80.3 Å². The Morgan fingerprint density at radius 2 is 1.90 bits per heavy atom. The second kappa shape index (κ2) is 9.56. The Morgan fingerprint density at radius 3 is 2.45 bits per heavy atom. The summed E-state index contributed by atoms with van der Waals surface area (Å²) in [6.07, 6.45) is 11.4. The largest absolute Gasteiger partial charge is 0.413 e. The summed E-state index contributed by atoms with van der Waals surface area (Å²) in [5.74, 6) is 1.10. The normalized spacial score (nSPS) is 34.1.